The van der Waals surface area contributed by atoms with Gasteiger partial charge in [0, 0.05) is 6.54 Å². The molecule has 0 aliphatic heterocycles. The molecule has 0 saturated carbocycles. The Bertz CT molecular complexity index is 1110. The predicted octanol–water partition coefficient (Wildman–Crippen LogP) is 6.81. The lowest BCUT2D eigenvalue weighted by atomic mass is 9.95. The van der Waals surface area contributed by atoms with E-state index in [0.29, 0.717) is 35.7 Å². The van der Waals surface area contributed by atoms with Crippen molar-refractivity contribution in [1.29, 1.82) is 0 Å². The van der Waals surface area contributed by atoms with Crippen LogP contribution in [0.4, 0.5) is 10.5 Å². The molecule has 3 amide bonds. The molecule has 2 rings (SSSR count). The molecule has 8 heteroatoms. The number of rotatable bonds is 10. The number of para-hydroxylation sites is 1. The molecule has 2 aromatic rings. The highest BCUT2D eigenvalue weighted by atomic mass is 35.5. The van der Waals surface area contributed by atoms with Crippen LogP contribution in [-0.2, 0) is 14.3 Å². The van der Waals surface area contributed by atoms with Gasteiger partial charge in [-0.25, -0.2) is 4.79 Å². The van der Waals surface area contributed by atoms with Crippen LogP contribution in [0.15, 0.2) is 42.5 Å². The maximum absolute atomic E-state index is 14.2. The number of benzene rings is 2. The molecule has 0 aromatic heterocycles. The van der Waals surface area contributed by atoms with Crippen LogP contribution in [0.1, 0.15) is 77.1 Å². The second kappa shape index (κ2) is 13.7. The summed E-state index contributed by atoms with van der Waals surface area (Å²) in [6.07, 6.45) is 0.592. The number of nitrogens with zero attached hydrogens (tertiary/aromatic N) is 1. The van der Waals surface area contributed by atoms with Gasteiger partial charge in [-0.15, -0.1) is 0 Å². The van der Waals surface area contributed by atoms with Gasteiger partial charge in [0.15, 0.2) is 0 Å². The third kappa shape index (κ3) is 8.48. The Kier molecular flexibility index (Phi) is 11.2. The summed E-state index contributed by atoms with van der Waals surface area (Å²) in [5.41, 5.74) is 2.24. The van der Waals surface area contributed by atoms with Crippen LogP contribution in [0, 0.1) is 19.8 Å². The molecule has 0 aliphatic rings. The first kappa shape index (κ1) is 31.2. The highest BCUT2D eigenvalue weighted by Gasteiger charge is 2.38. The molecule has 2 N–H and O–H groups in total. The van der Waals surface area contributed by atoms with Gasteiger partial charge >= 0.3 is 6.09 Å². The first-order valence-corrected chi connectivity index (χ1v) is 13.6. The van der Waals surface area contributed by atoms with E-state index in [2.05, 4.69) is 10.6 Å². The standard InChI is InChI=1S/C30H42ClN3O4/c1-9-17-34(28(36)25(20(4)10-2)33-29(37)38-30(6,7)8)26(22-15-11-13-19(3)18-22)27(35)32-24-21(5)14-12-16-23(24)31/h11-16,18,20,25-26H,9-10,17H2,1-8H3,(H,32,35)(H,33,37). The summed E-state index contributed by atoms with van der Waals surface area (Å²) >= 11 is 6.42. The van der Waals surface area contributed by atoms with E-state index < -0.39 is 23.8 Å². The number of hydrogen-bond donors (Lipinski definition) is 2. The lowest BCUT2D eigenvalue weighted by molar-refractivity contribution is -0.141. The average molecular weight is 544 g/mol. The first-order valence-electron chi connectivity index (χ1n) is 13.2. The van der Waals surface area contributed by atoms with Crippen molar-refractivity contribution in [3.63, 3.8) is 0 Å². The van der Waals surface area contributed by atoms with Crippen molar-refractivity contribution in [3.8, 4) is 0 Å². The van der Waals surface area contributed by atoms with Gasteiger partial charge in [-0.1, -0.05) is 80.8 Å². The Hall–Kier alpha value is -3.06. The van der Waals surface area contributed by atoms with Crippen LogP contribution in [0.25, 0.3) is 0 Å². The van der Waals surface area contributed by atoms with Crippen molar-refractivity contribution >= 4 is 35.2 Å². The number of aryl methyl sites for hydroxylation is 2. The van der Waals surface area contributed by atoms with Crippen molar-refractivity contribution in [2.75, 3.05) is 11.9 Å². The second-order valence-corrected chi connectivity index (χ2v) is 11.2. The van der Waals surface area contributed by atoms with Crippen LogP contribution in [0.5, 0.6) is 0 Å². The Morgan fingerprint density at radius 1 is 1.05 bits per heavy atom. The number of hydrogen-bond acceptors (Lipinski definition) is 4. The highest BCUT2D eigenvalue weighted by molar-refractivity contribution is 6.34. The van der Waals surface area contributed by atoms with Gasteiger partial charge in [0.1, 0.15) is 17.7 Å². The van der Waals surface area contributed by atoms with Crippen LogP contribution in [0.3, 0.4) is 0 Å². The minimum Gasteiger partial charge on any atom is -0.444 e. The highest BCUT2D eigenvalue weighted by Crippen LogP contribution is 2.30. The molecule has 0 heterocycles. The number of ether oxygens (including phenoxy) is 1. The fourth-order valence-corrected chi connectivity index (χ4v) is 4.47. The maximum atomic E-state index is 14.2. The molecule has 38 heavy (non-hydrogen) atoms. The molecular weight excluding hydrogens is 502 g/mol. The molecule has 0 spiro atoms. The normalized spacial score (nSPS) is 13.7. The van der Waals surface area contributed by atoms with Crippen LogP contribution >= 0.6 is 11.6 Å². The quantitative estimate of drug-likeness (QED) is 0.344. The number of carbonyl (C=O) groups is 3. The minimum absolute atomic E-state index is 0.193. The smallest absolute Gasteiger partial charge is 0.408 e. The molecule has 2 aromatic carbocycles. The van der Waals surface area contributed by atoms with Crippen molar-refractivity contribution in [2.45, 2.75) is 85.9 Å². The monoisotopic (exact) mass is 543 g/mol. The van der Waals surface area contributed by atoms with Crippen molar-refractivity contribution < 1.29 is 19.1 Å². The SMILES string of the molecule is CCCN(C(=O)C(NC(=O)OC(C)(C)C)C(C)CC)C(C(=O)Nc1c(C)cccc1Cl)c1cccc(C)c1. The molecule has 0 saturated heterocycles. The van der Waals surface area contributed by atoms with E-state index in [4.69, 9.17) is 16.3 Å². The van der Waals surface area contributed by atoms with E-state index in [-0.39, 0.29) is 17.7 Å². The molecule has 7 nitrogen and oxygen atoms in total. The van der Waals surface area contributed by atoms with E-state index in [1.165, 1.54) is 0 Å². The Labute approximate surface area is 232 Å². The molecule has 0 fully saturated rings. The summed E-state index contributed by atoms with van der Waals surface area (Å²) in [6, 6.07) is 11.1. The topological polar surface area (TPSA) is 87.7 Å². The average Bonchev–Trinajstić information content (AvgIpc) is 2.82. The fourth-order valence-electron chi connectivity index (χ4n) is 4.20. The van der Waals surface area contributed by atoms with Crippen molar-refractivity contribution in [1.82, 2.24) is 10.2 Å². The van der Waals surface area contributed by atoms with Gasteiger partial charge in [0.2, 0.25) is 5.91 Å². The Balaban J connectivity index is 2.56. The molecule has 0 aliphatic carbocycles. The summed E-state index contributed by atoms with van der Waals surface area (Å²) in [4.78, 5) is 42.4. The number of amides is 3. The molecular formula is C30H42ClN3O4. The minimum atomic E-state index is -0.940. The van der Waals surface area contributed by atoms with Gasteiger partial charge in [-0.3, -0.25) is 9.59 Å². The van der Waals surface area contributed by atoms with Gasteiger partial charge in [-0.05, 0) is 64.2 Å². The van der Waals surface area contributed by atoms with E-state index in [0.717, 1.165) is 11.1 Å². The Morgan fingerprint density at radius 2 is 1.71 bits per heavy atom. The molecule has 0 bridgehead atoms. The zero-order valence-corrected chi connectivity index (χ0v) is 24.6. The van der Waals surface area contributed by atoms with E-state index in [9.17, 15) is 14.4 Å². The summed E-state index contributed by atoms with van der Waals surface area (Å²) < 4.78 is 5.45. The van der Waals surface area contributed by atoms with E-state index in [1.807, 2.05) is 71.0 Å². The zero-order chi connectivity index (χ0) is 28.6. The van der Waals surface area contributed by atoms with Gasteiger partial charge in [-0.2, -0.15) is 0 Å². The Morgan fingerprint density at radius 3 is 2.26 bits per heavy atom. The second-order valence-electron chi connectivity index (χ2n) is 10.8. The maximum Gasteiger partial charge on any atom is 0.408 e. The summed E-state index contributed by atoms with van der Waals surface area (Å²) in [5.74, 6) is -0.917. The van der Waals surface area contributed by atoms with E-state index in [1.54, 1.807) is 31.7 Å². The molecule has 208 valence electrons. The number of alkyl carbamates (subject to hydrolysis) is 1. The number of halogens is 1. The first-order chi connectivity index (χ1) is 17.8. The van der Waals surface area contributed by atoms with Crippen LogP contribution in [0.2, 0.25) is 5.02 Å². The number of nitrogens with one attached hydrogen (secondary N) is 2. The lowest BCUT2D eigenvalue weighted by Gasteiger charge is -2.36. The lowest BCUT2D eigenvalue weighted by Crippen LogP contribution is -2.54. The third-order valence-corrected chi connectivity index (χ3v) is 6.60. The van der Waals surface area contributed by atoms with E-state index >= 15 is 0 Å². The third-order valence-electron chi connectivity index (χ3n) is 6.29. The van der Waals surface area contributed by atoms with Crippen LogP contribution in [-0.4, -0.2) is 41.0 Å². The molecule has 3 unspecified atom stereocenters. The summed E-state index contributed by atoms with van der Waals surface area (Å²) in [6.45, 7) is 15.2. The van der Waals surface area contributed by atoms with Crippen molar-refractivity contribution in [3.05, 3.63) is 64.2 Å². The fraction of sp³-hybridized carbons (Fsp3) is 0.500. The number of carbonyl (C=O) groups excluding carboxylic acids is 3. The predicted molar refractivity (Wildman–Crippen MR) is 153 cm³/mol. The molecule has 0 radical (unpaired) electrons. The van der Waals surface area contributed by atoms with Gasteiger partial charge in [0.25, 0.3) is 5.91 Å². The molecule has 3 atom stereocenters. The zero-order valence-electron chi connectivity index (χ0n) is 23.9. The van der Waals surface area contributed by atoms with Crippen LogP contribution < -0.4 is 10.6 Å². The largest absolute Gasteiger partial charge is 0.444 e. The van der Waals surface area contributed by atoms with Gasteiger partial charge < -0.3 is 20.3 Å². The summed E-state index contributed by atoms with van der Waals surface area (Å²) in [7, 11) is 0. The van der Waals surface area contributed by atoms with Crippen molar-refractivity contribution in [2.24, 2.45) is 5.92 Å². The summed E-state index contributed by atoms with van der Waals surface area (Å²) in [5, 5.41) is 6.17. The van der Waals surface area contributed by atoms with Gasteiger partial charge in [0.05, 0.1) is 10.7 Å². The number of anilines is 1.